The van der Waals surface area contributed by atoms with Gasteiger partial charge in [0.05, 0.1) is 5.69 Å². The fourth-order valence-corrected chi connectivity index (χ4v) is 5.71. The van der Waals surface area contributed by atoms with Crippen molar-refractivity contribution in [1.82, 2.24) is 0 Å². The third-order valence-corrected chi connectivity index (χ3v) is 7.23. The molecule has 0 radical (unpaired) electrons. The van der Waals surface area contributed by atoms with Crippen molar-refractivity contribution in [3.8, 4) is 0 Å². The lowest BCUT2D eigenvalue weighted by Crippen LogP contribution is -2.42. The molecule has 1 heterocycles. The summed E-state index contributed by atoms with van der Waals surface area (Å²) in [6, 6.07) is 30.5. The van der Waals surface area contributed by atoms with Crippen LogP contribution in [-0.2, 0) is 9.67 Å². The Morgan fingerprint density at radius 3 is 2.39 bits per heavy atom. The van der Waals surface area contributed by atoms with Gasteiger partial charge in [0.1, 0.15) is 4.87 Å². The number of rotatable bonds is 3. The molecule has 0 saturated heterocycles. The lowest BCUT2D eigenvalue weighted by atomic mass is 10.0. The predicted molar refractivity (Wildman–Crippen MR) is 132 cm³/mol. The van der Waals surface area contributed by atoms with Gasteiger partial charge < -0.3 is 0 Å². The predicted octanol–water partition coefficient (Wildman–Crippen LogP) is 7.52. The second-order valence-electron chi connectivity index (χ2n) is 7.57. The minimum atomic E-state index is -0.689. The Kier molecular flexibility index (Phi) is 5.09. The van der Waals surface area contributed by atoms with Crippen LogP contribution in [0, 0.1) is 0 Å². The number of nitrogens with zero attached hydrogens (tertiary/aromatic N) is 1. The van der Waals surface area contributed by atoms with Crippen molar-refractivity contribution in [3.05, 3.63) is 113 Å². The number of thioether (sulfide) groups is 1. The fourth-order valence-electron chi connectivity index (χ4n) is 4.13. The number of halogens is 1. The van der Waals surface area contributed by atoms with Crippen molar-refractivity contribution in [1.29, 1.82) is 0 Å². The summed E-state index contributed by atoms with van der Waals surface area (Å²) in [6.07, 6.45) is 4.24. The van der Waals surface area contributed by atoms with Gasteiger partial charge in [-0.1, -0.05) is 90.1 Å². The summed E-state index contributed by atoms with van der Waals surface area (Å²) in [5.41, 5.74) is 3.02. The molecule has 0 bridgehead atoms. The second kappa shape index (κ2) is 7.92. The van der Waals surface area contributed by atoms with E-state index in [0.717, 1.165) is 21.7 Å². The van der Waals surface area contributed by atoms with Crippen LogP contribution in [0.15, 0.2) is 102 Å². The first-order chi connectivity index (χ1) is 15.1. The molecule has 4 heteroatoms. The van der Waals surface area contributed by atoms with Crippen molar-refractivity contribution < 1.29 is 4.79 Å². The van der Waals surface area contributed by atoms with Gasteiger partial charge in [0.15, 0.2) is 0 Å². The van der Waals surface area contributed by atoms with Gasteiger partial charge in [-0.2, -0.15) is 0 Å². The van der Waals surface area contributed by atoms with E-state index in [1.54, 1.807) is 18.7 Å². The molecule has 4 aromatic rings. The van der Waals surface area contributed by atoms with Crippen LogP contribution >= 0.6 is 23.4 Å². The summed E-state index contributed by atoms with van der Waals surface area (Å²) in [5.74, 6) is -0.00411. The van der Waals surface area contributed by atoms with Crippen LogP contribution in [0.3, 0.4) is 0 Å². The molecule has 5 rings (SSSR count). The maximum absolute atomic E-state index is 12.9. The van der Waals surface area contributed by atoms with Gasteiger partial charge >= 0.3 is 0 Å². The molecule has 1 amide bonds. The number of hydrogen-bond donors (Lipinski definition) is 0. The number of anilines is 1. The molecule has 4 aromatic carbocycles. The zero-order chi connectivity index (χ0) is 21.4. The van der Waals surface area contributed by atoms with E-state index in [1.165, 1.54) is 10.8 Å². The molecule has 0 saturated carbocycles. The largest absolute Gasteiger partial charge is 0.288 e. The highest BCUT2D eigenvalue weighted by atomic mass is 35.5. The van der Waals surface area contributed by atoms with Gasteiger partial charge in [-0.05, 0) is 58.3 Å². The molecular weight excluding hydrogens is 422 g/mol. The zero-order valence-corrected chi connectivity index (χ0v) is 18.5. The summed E-state index contributed by atoms with van der Waals surface area (Å²) in [7, 11) is 0. The summed E-state index contributed by atoms with van der Waals surface area (Å²) in [4.78, 5) is 15.2. The van der Waals surface area contributed by atoms with Gasteiger partial charge in [-0.15, -0.1) is 0 Å². The van der Waals surface area contributed by atoms with Crippen molar-refractivity contribution >= 4 is 51.8 Å². The molecule has 0 aromatic heterocycles. The number of benzene rings is 4. The van der Waals surface area contributed by atoms with Gasteiger partial charge in [0.2, 0.25) is 5.91 Å². The topological polar surface area (TPSA) is 20.3 Å². The van der Waals surface area contributed by atoms with Crippen LogP contribution in [0.25, 0.3) is 16.8 Å². The van der Waals surface area contributed by atoms with E-state index in [4.69, 9.17) is 11.6 Å². The van der Waals surface area contributed by atoms with E-state index in [0.29, 0.717) is 5.02 Å². The number of carbonyl (C=O) groups excluding carboxylic acids is 1. The second-order valence-corrected chi connectivity index (χ2v) is 9.27. The highest BCUT2D eigenvalue weighted by molar-refractivity contribution is 8.01. The summed E-state index contributed by atoms with van der Waals surface area (Å²) < 4.78 is 0. The van der Waals surface area contributed by atoms with Crippen LogP contribution < -0.4 is 4.90 Å². The first-order valence-electron chi connectivity index (χ1n) is 10.1. The quantitative estimate of drug-likeness (QED) is 0.327. The minimum Gasteiger partial charge on any atom is -0.288 e. The number of hydrogen-bond acceptors (Lipinski definition) is 2. The SMILES string of the molecule is CC(=O)N1c2ccccc2SC1(C=Cc1ccc2ccccc2c1)c1ccc(Cl)cc1. The molecule has 1 aliphatic heterocycles. The molecule has 2 nitrogen and oxygen atoms in total. The van der Waals surface area contributed by atoms with Crippen LogP contribution in [0.5, 0.6) is 0 Å². The van der Waals surface area contributed by atoms with Crippen molar-refractivity contribution in [2.45, 2.75) is 16.7 Å². The van der Waals surface area contributed by atoms with Crippen molar-refractivity contribution in [2.75, 3.05) is 4.90 Å². The van der Waals surface area contributed by atoms with Crippen LogP contribution in [-0.4, -0.2) is 5.91 Å². The molecule has 1 unspecified atom stereocenters. The van der Waals surface area contributed by atoms with E-state index in [2.05, 4.69) is 48.6 Å². The Bertz CT molecular complexity index is 1310. The molecule has 1 aliphatic rings. The summed E-state index contributed by atoms with van der Waals surface area (Å²) >= 11 is 7.85. The molecular formula is C27H20ClNOS. The normalized spacial score (nSPS) is 17.9. The van der Waals surface area contributed by atoms with Gasteiger partial charge in [0, 0.05) is 16.8 Å². The summed E-state index contributed by atoms with van der Waals surface area (Å²) in [6.45, 7) is 1.62. The monoisotopic (exact) mass is 441 g/mol. The van der Waals surface area contributed by atoms with Gasteiger partial charge in [0.25, 0.3) is 0 Å². The fraction of sp³-hybridized carbons (Fsp3) is 0.0741. The van der Waals surface area contributed by atoms with Gasteiger partial charge in [-0.3, -0.25) is 9.69 Å². The average Bonchev–Trinajstić information content (AvgIpc) is 3.13. The average molecular weight is 442 g/mol. The van der Waals surface area contributed by atoms with Crippen LogP contribution in [0.4, 0.5) is 5.69 Å². The third-order valence-electron chi connectivity index (χ3n) is 5.55. The van der Waals surface area contributed by atoms with Crippen molar-refractivity contribution in [3.63, 3.8) is 0 Å². The Morgan fingerprint density at radius 2 is 1.61 bits per heavy atom. The number of amides is 1. The zero-order valence-electron chi connectivity index (χ0n) is 17.0. The van der Waals surface area contributed by atoms with Crippen molar-refractivity contribution in [2.24, 2.45) is 0 Å². The highest BCUT2D eigenvalue weighted by Crippen LogP contribution is 2.56. The number of carbonyl (C=O) groups is 1. The first-order valence-corrected chi connectivity index (χ1v) is 11.3. The van der Waals surface area contributed by atoms with E-state index in [9.17, 15) is 4.79 Å². The standard InChI is InChI=1S/C27H20ClNOS/c1-19(30)29-25-8-4-5-9-26(25)31-27(29,23-12-14-24(28)15-13-23)17-16-20-10-11-21-6-2-3-7-22(21)18-20/h2-18H,1H3. The molecule has 0 fully saturated rings. The maximum Gasteiger partial charge on any atom is 0.225 e. The van der Waals surface area contributed by atoms with E-state index < -0.39 is 4.87 Å². The molecule has 0 aliphatic carbocycles. The molecule has 1 atom stereocenters. The molecule has 31 heavy (non-hydrogen) atoms. The van der Waals surface area contributed by atoms with E-state index >= 15 is 0 Å². The number of para-hydroxylation sites is 1. The van der Waals surface area contributed by atoms with E-state index in [-0.39, 0.29) is 5.91 Å². The Morgan fingerprint density at radius 1 is 0.903 bits per heavy atom. The Balaban J connectivity index is 1.66. The molecule has 0 spiro atoms. The smallest absolute Gasteiger partial charge is 0.225 e. The highest BCUT2D eigenvalue weighted by Gasteiger charge is 2.46. The third kappa shape index (κ3) is 3.54. The lowest BCUT2D eigenvalue weighted by Gasteiger charge is -2.35. The van der Waals surface area contributed by atoms with Crippen LogP contribution in [0.2, 0.25) is 5.02 Å². The van der Waals surface area contributed by atoms with E-state index in [1.807, 2.05) is 59.5 Å². The Hall–Kier alpha value is -3.01. The van der Waals surface area contributed by atoms with Crippen LogP contribution in [0.1, 0.15) is 18.1 Å². The summed E-state index contributed by atoms with van der Waals surface area (Å²) in [5, 5.41) is 3.07. The lowest BCUT2D eigenvalue weighted by molar-refractivity contribution is -0.117. The first kappa shape index (κ1) is 19.9. The maximum atomic E-state index is 12.9. The number of fused-ring (bicyclic) bond motifs is 2. The van der Waals surface area contributed by atoms with Gasteiger partial charge in [-0.25, -0.2) is 0 Å². The molecule has 152 valence electrons. The molecule has 0 N–H and O–H groups in total. The minimum absolute atomic E-state index is 0.00411. The Labute approximate surface area is 191 Å².